The number of amidine groups is 1. The minimum absolute atomic E-state index is 0.162. The van der Waals surface area contributed by atoms with Gasteiger partial charge in [-0.05, 0) is 57.9 Å². The maximum Gasteiger partial charge on any atom is 0.412 e. The molecule has 2 aromatic carbocycles. The molecule has 0 saturated heterocycles. The molecule has 1 amide bonds. The van der Waals surface area contributed by atoms with Crippen molar-refractivity contribution < 1.29 is 27.5 Å². The molecule has 2 aromatic rings. The van der Waals surface area contributed by atoms with E-state index in [0.29, 0.717) is 17.5 Å². The first kappa shape index (κ1) is 26.5. The Bertz CT molecular complexity index is 1420. The molecule has 4 rings (SSSR count). The first-order valence-corrected chi connectivity index (χ1v) is 13.6. The SMILES string of the molecule is CCCCC1(C)C(=O)C(C2=NS(=O)(=O)c3cc(NC(=O)OC(C)(C)C)ccc3N2)C(=O)c2ccccc21. The van der Waals surface area contributed by atoms with Crippen molar-refractivity contribution in [2.45, 2.75) is 69.8 Å². The molecule has 2 atom stereocenters. The number of hydrogen-bond donors (Lipinski definition) is 2. The first-order chi connectivity index (χ1) is 17.3. The predicted octanol–water partition coefficient (Wildman–Crippen LogP) is 5.08. The van der Waals surface area contributed by atoms with Crippen molar-refractivity contribution in [2.75, 3.05) is 10.6 Å². The van der Waals surface area contributed by atoms with Gasteiger partial charge >= 0.3 is 6.09 Å². The van der Waals surface area contributed by atoms with Gasteiger partial charge in [0.2, 0.25) is 0 Å². The highest BCUT2D eigenvalue weighted by molar-refractivity contribution is 7.90. The number of fused-ring (bicyclic) bond motifs is 2. The van der Waals surface area contributed by atoms with E-state index in [2.05, 4.69) is 15.0 Å². The summed E-state index contributed by atoms with van der Waals surface area (Å²) in [7, 11) is -4.28. The fourth-order valence-electron chi connectivity index (χ4n) is 4.74. The average Bonchev–Trinajstić information content (AvgIpc) is 2.80. The number of ketones is 2. The highest BCUT2D eigenvalue weighted by Crippen LogP contribution is 2.42. The number of hydrogen-bond acceptors (Lipinski definition) is 7. The number of benzene rings is 2. The van der Waals surface area contributed by atoms with Crippen LogP contribution < -0.4 is 10.6 Å². The Morgan fingerprint density at radius 3 is 2.54 bits per heavy atom. The molecule has 1 aliphatic heterocycles. The Labute approximate surface area is 216 Å². The molecule has 1 heterocycles. The van der Waals surface area contributed by atoms with Gasteiger partial charge in [0.15, 0.2) is 11.6 Å². The smallest absolute Gasteiger partial charge is 0.412 e. The molecular weight excluding hydrogens is 494 g/mol. The highest BCUT2D eigenvalue weighted by atomic mass is 32.2. The average molecular weight is 526 g/mol. The molecule has 196 valence electrons. The van der Waals surface area contributed by atoms with Crippen molar-refractivity contribution in [3.63, 3.8) is 0 Å². The first-order valence-electron chi connectivity index (χ1n) is 12.2. The molecule has 0 saturated carbocycles. The van der Waals surface area contributed by atoms with Crippen LogP contribution in [0.1, 0.15) is 69.8 Å². The number of nitrogens with one attached hydrogen (secondary N) is 2. The van der Waals surface area contributed by atoms with Crippen LogP contribution in [0, 0.1) is 5.92 Å². The molecule has 0 spiro atoms. The zero-order valence-corrected chi connectivity index (χ0v) is 22.4. The van der Waals surface area contributed by atoms with Gasteiger partial charge in [0.25, 0.3) is 10.0 Å². The number of rotatable bonds is 5. The third-order valence-corrected chi connectivity index (χ3v) is 7.88. The van der Waals surface area contributed by atoms with Crippen molar-refractivity contribution in [2.24, 2.45) is 10.3 Å². The van der Waals surface area contributed by atoms with Gasteiger partial charge in [-0.2, -0.15) is 8.42 Å². The van der Waals surface area contributed by atoms with Crippen LogP contribution in [0.25, 0.3) is 0 Å². The number of nitrogens with zero attached hydrogens (tertiary/aromatic N) is 1. The predicted molar refractivity (Wildman–Crippen MR) is 141 cm³/mol. The normalized spacial score (nSPS) is 22.3. The standard InChI is InChI=1S/C27H31N3O6S/c1-6-7-14-27(5)18-11-9-8-10-17(18)22(31)21(23(27)32)24-29-19-13-12-16(15-20(19)37(34,35)30-24)28-25(33)36-26(2,3)4/h8-13,15,21H,6-7,14H2,1-5H3,(H,28,33)(H,29,30). The summed E-state index contributed by atoms with van der Waals surface area (Å²) in [4.78, 5) is 39.3. The number of Topliss-reactive ketones (excluding diaryl/α,β-unsaturated/α-hetero) is 2. The van der Waals surface area contributed by atoms with Crippen LogP contribution in [0.3, 0.4) is 0 Å². The Balaban J connectivity index is 1.71. The maximum atomic E-state index is 13.8. The molecule has 2 unspecified atom stereocenters. The van der Waals surface area contributed by atoms with Gasteiger partial charge in [-0.1, -0.05) is 44.0 Å². The lowest BCUT2D eigenvalue weighted by Crippen LogP contribution is -2.51. The number of ether oxygens (including phenoxy) is 1. The van der Waals surface area contributed by atoms with Crippen LogP contribution >= 0.6 is 0 Å². The topological polar surface area (TPSA) is 131 Å². The lowest BCUT2D eigenvalue weighted by atomic mass is 9.63. The van der Waals surface area contributed by atoms with Crippen molar-refractivity contribution in [3.8, 4) is 0 Å². The summed E-state index contributed by atoms with van der Waals surface area (Å²) >= 11 is 0. The second-order valence-electron chi connectivity index (χ2n) is 10.6. The largest absolute Gasteiger partial charge is 0.444 e. The lowest BCUT2D eigenvalue weighted by Gasteiger charge is -2.38. The summed E-state index contributed by atoms with van der Waals surface area (Å²) in [6, 6.07) is 11.2. The van der Waals surface area contributed by atoms with Crippen LogP contribution in [0.4, 0.5) is 16.2 Å². The number of unbranched alkanes of at least 4 members (excludes halogenated alkanes) is 1. The Morgan fingerprint density at radius 2 is 1.86 bits per heavy atom. The van der Waals surface area contributed by atoms with Gasteiger partial charge in [-0.3, -0.25) is 14.9 Å². The summed E-state index contributed by atoms with van der Waals surface area (Å²) in [6.45, 7) is 8.97. The third-order valence-electron chi connectivity index (χ3n) is 6.55. The molecular formula is C27H31N3O6S. The number of anilines is 2. The molecule has 0 fully saturated rings. The van der Waals surface area contributed by atoms with E-state index < -0.39 is 38.8 Å². The van der Waals surface area contributed by atoms with E-state index in [1.54, 1.807) is 45.0 Å². The molecule has 0 radical (unpaired) electrons. The van der Waals surface area contributed by atoms with Crippen molar-refractivity contribution in [1.29, 1.82) is 0 Å². The van der Waals surface area contributed by atoms with E-state index in [1.807, 2.05) is 13.8 Å². The summed E-state index contributed by atoms with van der Waals surface area (Å²) < 4.78 is 35.5. The van der Waals surface area contributed by atoms with Crippen LogP contribution in [0.15, 0.2) is 51.8 Å². The molecule has 0 bridgehead atoms. The third kappa shape index (κ3) is 5.02. The molecule has 2 aliphatic rings. The number of carbonyl (C=O) groups is 3. The Kier molecular flexibility index (Phi) is 6.74. The van der Waals surface area contributed by atoms with E-state index in [0.717, 1.165) is 12.8 Å². The van der Waals surface area contributed by atoms with Crippen LogP contribution in [-0.4, -0.2) is 37.5 Å². The second-order valence-corrected chi connectivity index (χ2v) is 12.1. The number of carbonyl (C=O) groups excluding carboxylic acids is 3. The lowest BCUT2D eigenvalue weighted by molar-refractivity contribution is -0.125. The fraction of sp³-hybridized carbons (Fsp3) is 0.407. The molecule has 9 nitrogen and oxygen atoms in total. The van der Waals surface area contributed by atoms with Gasteiger partial charge in [0.05, 0.1) is 11.1 Å². The quantitative estimate of drug-likeness (QED) is 0.521. The van der Waals surface area contributed by atoms with Gasteiger partial charge in [-0.25, -0.2) is 4.79 Å². The fourth-order valence-corrected chi connectivity index (χ4v) is 5.93. The van der Waals surface area contributed by atoms with Gasteiger partial charge in [0.1, 0.15) is 22.3 Å². The van der Waals surface area contributed by atoms with E-state index in [4.69, 9.17) is 4.74 Å². The Morgan fingerprint density at radius 1 is 1.16 bits per heavy atom. The van der Waals surface area contributed by atoms with Gasteiger partial charge in [-0.15, -0.1) is 4.40 Å². The molecule has 2 N–H and O–H groups in total. The van der Waals surface area contributed by atoms with Crippen molar-refractivity contribution >= 4 is 44.9 Å². The van der Waals surface area contributed by atoms with Crippen LogP contribution in [0.2, 0.25) is 0 Å². The van der Waals surface area contributed by atoms with Crippen LogP contribution in [-0.2, 0) is 25.0 Å². The summed E-state index contributed by atoms with van der Waals surface area (Å²) in [5, 5.41) is 5.42. The van der Waals surface area contributed by atoms with Gasteiger partial charge < -0.3 is 10.1 Å². The van der Waals surface area contributed by atoms with Crippen LogP contribution in [0.5, 0.6) is 0 Å². The summed E-state index contributed by atoms with van der Waals surface area (Å²) in [6.07, 6.45) is 1.43. The molecule has 1 aliphatic carbocycles. The van der Waals surface area contributed by atoms with Crippen molar-refractivity contribution in [1.82, 2.24) is 0 Å². The zero-order valence-electron chi connectivity index (χ0n) is 21.5. The zero-order chi connectivity index (χ0) is 27.2. The Hall–Kier alpha value is -3.53. The second kappa shape index (κ2) is 9.41. The molecule has 0 aromatic heterocycles. The molecule has 37 heavy (non-hydrogen) atoms. The monoisotopic (exact) mass is 525 g/mol. The minimum atomic E-state index is -4.28. The summed E-state index contributed by atoms with van der Waals surface area (Å²) in [5.74, 6) is -2.45. The van der Waals surface area contributed by atoms with E-state index in [1.165, 1.54) is 18.2 Å². The number of amides is 1. The number of sulfonamides is 1. The van der Waals surface area contributed by atoms with E-state index in [9.17, 15) is 22.8 Å². The minimum Gasteiger partial charge on any atom is -0.444 e. The molecule has 10 heteroatoms. The highest BCUT2D eigenvalue weighted by Gasteiger charge is 2.51. The van der Waals surface area contributed by atoms with E-state index in [-0.39, 0.29) is 27.9 Å². The summed E-state index contributed by atoms with van der Waals surface area (Å²) in [5.41, 5.74) is -0.269. The van der Waals surface area contributed by atoms with Gasteiger partial charge in [0, 0.05) is 11.3 Å². The maximum absolute atomic E-state index is 13.8. The van der Waals surface area contributed by atoms with Crippen molar-refractivity contribution in [3.05, 3.63) is 53.6 Å². The van der Waals surface area contributed by atoms with E-state index >= 15 is 0 Å².